The largest absolute Gasteiger partial charge is 0.366 e. The lowest BCUT2D eigenvalue weighted by atomic mass is 10.1. The summed E-state index contributed by atoms with van der Waals surface area (Å²) in [5, 5.41) is 4.47. The first-order valence-electron chi connectivity index (χ1n) is 5.61. The van der Waals surface area contributed by atoms with Gasteiger partial charge in [0.05, 0.1) is 10.6 Å². The number of hydrogen-bond acceptors (Lipinski definition) is 3. The molecule has 0 unspecified atom stereocenters. The third-order valence-electron chi connectivity index (χ3n) is 2.54. The van der Waals surface area contributed by atoms with Crippen LogP contribution in [0.15, 0.2) is 24.5 Å². The zero-order chi connectivity index (χ0) is 13.1. The molecule has 5 nitrogen and oxygen atoms in total. The van der Waals surface area contributed by atoms with Gasteiger partial charge in [0.25, 0.3) is 0 Å². The summed E-state index contributed by atoms with van der Waals surface area (Å²) < 4.78 is 1.80. The van der Waals surface area contributed by atoms with Crippen LogP contribution in [-0.2, 0) is 6.54 Å². The van der Waals surface area contributed by atoms with Crippen LogP contribution >= 0.6 is 11.6 Å². The highest BCUT2D eigenvalue weighted by Crippen LogP contribution is 2.24. The highest BCUT2D eigenvalue weighted by atomic mass is 35.5. The minimum absolute atomic E-state index is 0.307. The second-order valence-electron chi connectivity index (χ2n) is 3.87. The Morgan fingerprint density at radius 2 is 2.28 bits per heavy atom. The van der Waals surface area contributed by atoms with Crippen molar-refractivity contribution in [3.05, 3.63) is 35.1 Å². The molecule has 0 saturated carbocycles. The number of rotatable bonds is 4. The predicted octanol–water partition coefficient (Wildman–Crippen LogP) is 2.11. The highest BCUT2D eigenvalue weighted by Gasteiger charge is 2.11. The molecule has 18 heavy (non-hydrogen) atoms. The summed E-state index contributed by atoms with van der Waals surface area (Å²) in [7, 11) is 0. The molecule has 6 heteroatoms. The van der Waals surface area contributed by atoms with Crippen LogP contribution in [0, 0.1) is 0 Å². The molecule has 0 atom stereocenters. The van der Waals surface area contributed by atoms with Gasteiger partial charge in [-0.1, -0.05) is 24.6 Å². The molecule has 0 aliphatic heterocycles. The normalized spacial score (nSPS) is 10.6. The Morgan fingerprint density at radius 3 is 2.89 bits per heavy atom. The van der Waals surface area contributed by atoms with Gasteiger partial charge >= 0.3 is 0 Å². The van der Waals surface area contributed by atoms with E-state index in [1.165, 1.54) is 6.33 Å². The van der Waals surface area contributed by atoms with Crippen LogP contribution in [-0.4, -0.2) is 20.7 Å². The topological polar surface area (TPSA) is 73.8 Å². The fraction of sp³-hybridized carbons (Fsp3) is 0.250. The maximum absolute atomic E-state index is 11.1. The van der Waals surface area contributed by atoms with Crippen LogP contribution in [0.2, 0.25) is 5.02 Å². The molecule has 2 aromatic rings. The summed E-state index contributed by atoms with van der Waals surface area (Å²) in [6.45, 7) is 2.85. The minimum atomic E-state index is -0.540. The van der Waals surface area contributed by atoms with Gasteiger partial charge in [-0.25, -0.2) is 9.67 Å². The van der Waals surface area contributed by atoms with Crippen molar-refractivity contribution < 1.29 is 4.79 Å². The first kappa shape index (κ1) is 12.6. The van der Waals surface area contributed by atoms with Crippen LogP contribution in [0.1, 0.15) is 23.7 Å². The van der Waals surface area contributed by atoms with Crippen molar-refractivity contribution in [3.63, 3.8) is 0 Å². The number of amides is 1. The van der Waals surface area contributed by atoms with Gasteiger partial charge in [0.1, 0.15) is 6.33 Å². The molecule has 0 fully saturated rings. The maximum atomic E-state index is 11.1. The number of carbonyl (C=O) groups excluding carboxylic acids is 1. The average molecular weight is 265 g/mol. The minimum Gasteiger partial charge on any atom is -0.366 e. The number of halogens is 1. The molecule has 2 N–H and O–H groups in total. The highest BCUT2D eigenvalue weighted by molar-refractivity contribution is 6.34. The Morgan fingerprint density at radius 1 is 1.50 bits per heavy atom. The van der Waals surface area contributed by atoms with Gasteiger partial charge in [-0.05, 0) is 18.6 Å². The van der Waals surface area contributed by atoms with Gasteiger partial charge < -0.3 is 5.73 Å². The SMILES string of the molecule is CCCn1ncnc1-c1ccc(C(N)=O)c(Cl)c1. The Kier molecular flexibility index (Phi) is 3.62. The molecule has 0 aliphatic rings. The Labute approximate surface area is 110 Å². The molecule has 0 saturated heterocycles. The Balaban J connectivity index is 2.42. The van der Waals surface area contributed by atoms with E-state index in [0.717, 1.165) is 24.4 Å². The average Bonchev–Trinajstić information content (AvgIpc) is 2.77. The number of aryl methyl sites for hydroxylation is 1. The quantitative estimate of drug-likeness (QED) is 0.919. The van der Waals surface area contributed by atoms with E-state index in [1.807, 2.05) is 0 Å². The van der Waals surface area contributed by atoms with Crippen molar-refractivity contribution in [1.29, 1.82) is 0 Å². The summed E-state index contributed by atoms with van der Waals surface area (Å²) in [6.07, 6.45) is 2.46. The van der Waals surface area contributed by atoms with Gasteiger partial charge in [0, 0.05) is 12.1 Å². The van der Waals surface area contributed by atoms with E-state index >= 15 is 0 Å². The van der Waals surface area contributed by atoms with Crippen molar-refractivity contribution in [2.45, 2.75) is 19.9 Å². The lowest BCUT2D eigenvalue weighted by Gasteiger charge is -2.06. The summed E-state index contributed by atoms with van der Waals surface area (Å²) in [5.74, 6) is 0.191. The second-order valence-corrected chi connectivity index (χ2v) is 4.27. The Hall–Kier alpha value is -1.88. The fourth-order valence-corrected chi connectivity index (χ4v) is 1.99. The van der Waals surface area contributed by atoms with E-state index in [4.69, 9.17) is 17.3 Å². The molecular weight excluding hydrogens is 252 g/mol. The van der Waals surface area contributed by atoms with Crippen LogP contribution in [0.25, 0.3) is 11.4 Å². The zero-order valence-electron chi connectivity index (χ0n) is 9.93. The van der Waals surface area contributed by atoms with Crippen LogP contribution in [0.4, 0.5) is 0 Å². The Bertz CT molecular complexity index is 579. The van der Waals surface area contributed by atoms with E-state index in [1.54, 1.807) is 22.9 Å². The van der Waals surface area contributed by atoms with Crippen molar-refractivity contribution in [3.8, 4) is 11.4 Å². The van der Waals surface area contributed by atoms with Gasteiger partial charge in [0.15, 0.2) is 5.82 Å². The van der Waals surface area contributed by atoms with E-state index in [9.17, 15) is 4.79 Å². The molecule has 1 amide bonds. The summed E-state index contributed by atoms with van der Waals surface area (Å²) >= 11 is 6.01. The molecule has 1 heterocycles. The lowest BCUT2D eigenvalue weighted by molar-refractivity contribution is 0.100. The van der Waals surface area contributed by atoms with Gasteiger partial charge in [-0.15, -0.1) is 0 Å². The van der Waals surface area contributed by atoms with Crippen molar-refractivity contribution in [2.24, 2.45) is 5.73 Å². The van der Waals surface area contributed by atoms with Crippen LogP contribution < -0.4 is 5.73 Å². The lowest BCUT2D eigenvalue weighted by Crippen LogP contribution is -2.11. The fourth-order valence-electron chi connectivity index (χ4n) is 1.72. The van der Waals surface area contributed by atoms with E-state index in [0.29, 0.717) is 10.6 Å². The smallest absolute Gasteiger partial charge is 0.250 e. The predicted molar refractivity (Wildman–Crippen MR) is 69.3 cm³/mol. The standard InChI is InChI=1S/C12H13ClN4O/c1-2-5-17-12(15-7-16-17)8-3-4-9(11(14)18)10(13)6-8/h3-4,6-7H,2,5H2,1H3,(H2,14,18). The molecule has 1 aromatic heterocycles. The molecule has 94 valence electrons. The second kappa shape index (κ2) is 5.18. The zero-order valence-corrected chi connectivity index (χ0v) is 10.7. The number of hydrogen-bond donors (Lipinski definition) is 1. The number of carbonyl (C=O) groups is 1. The molecule has 1 aromatic carbocycles. The van der Waals surface area contributed by atoms with E-state index in [-0.39, 0.29) is 0 Å². The monoisotopic (exact) mass is 264 g/mol. The van der Waals surface area contributed by atoms with Gasteiger partial charge in [-0.2, -0.15) is 5.10 Å². The third kappa shape index (κ3) is 2.36. The molecular formula is C12H13ClN4O. The number of nitrogens with zero attached hydrogens (tertiary/aromatic N) is 3. The van der Waals surface area contributed by atoms with E-state index < -0.39 is 5.91 Å². The number of aromatic nitrogens is 3. The molecule has 0 aliphatic carbocycles. The molecule has 2 rings (SSSR count). The van der Waals surface area contributed by atoms with Crippen LogP contribution in [0.3, 0.4) is 0 Å². The summed E-state index contributed by atoms with van der Waals surface area (Å²) in [5.41, 5.74) is 6.33. The van der Waals surface area contributed by atoms with E-state index in [2.05, 4.69) is 17.0 Å². The summed E-state index contributed by atoms with van der Waals surface area (Å²) in [6, 6.07) is 5.05. The first-order chi connectivity index (χ1) is 8.63. The number of benzene rings is 1. The molecule has 0 bridgehead atoms. The van der Waals surface area contributed by atoms with Crippen molar-refractivity contribution >= 4 is 17.5 Å². The van der Waals surface area contributed by atoms with Gasteiger partial charge in [-0.3, -0.25) is 4.79 Å². The van der Waals surface area contributed by atoms with Gasteiger partial charge in [0.2, 0.25) is 5.91 Å². The summed E-state index contributed by atoms with van der Waals surface area (Å²) in [4.78, 5) is 15.3. The number of nitrogens with two attached hydrogens (primary N) is 1. The van der Waals surface area contributed by atoms with Crippen molar-refractivity contribution in [1.82, 2.24) is 14.8 Å². The molecule has 0 radical (unpaired) electrons. The first-order valence-corrected chi connectivity index (χ1v) is 5.98. The maximum Gasteiger partial charge on any atom is 0.250 e. The van der Waals surface area contributed by atoms with Crippen molar-refractivity contribution in [2.75, 3.05) is 0 Å². The molecule has 0 spiro atoms. The number of primary amides is 1. The van der Waals surface area contributed by atoms with Crippen LogP contribution in [0.5, 0.6) is 0 Å². The third-order valence-corrected chi connectivity index (χ3v) is 2.86.